The summed E-state index contributed by atoms with van der Waals surface area (Å²) in [7, 11) is 1.74. The van der Waals surface area contributed by atoms with E-state index in [1.54, 1.807) is 7.05 Å². The first kappa shape index (κ1) is 16.0. The third-order valence-electron chi connectivity index (χ3n) is 2.56. The minimum absolute atomic E-state index is 0.0331. The largest absolute Gasteiger partial charge is 0.417 e. The lowest BCUT2D eigenvalue weighted by atomic mass is 10.1. The predicted molar refractivity (Wildman–Crippen MR) is 67.9 cm³/mol. The molecule has 1 aromatic carbocycles. The lowest BCUT2D eigenvalue weighted by Crippen LogP contribution is -2.16. The second-order valence-electron chi connectivity index (χ2n) is 4.13. The van der Waals surface area contributed by atoms with E-state index < -0.39 is 17.3 Å². The highest BCUT2D eigenvalue weighted by Crippen LogP contribution is 2.33. The van der Waals surface area contributed by atoms with Crippen molar-refractivity contribution in [1.29, 1.82) is 5.26 Å². The van der Waals surface area contributed by atoms with Crippen molar-refractivity contribution in [1.82, 2.24) is 5.32 Å². The fourth-order valence-corrected chi connectivity index (χ4v) is 1.60. The van der Waals surface area contributed by atoms with E-state index in [0.29, 0.717) is 13.0 Å². The average Bonchev–Trinajstić information content (AvgIpc) is 2.38. The fourth-order valence-electron chi connectivity index (χ4n) is 1.60. The first-order chi connectivity index (χ1) is 9.38. The molecule has 0 saturated carbocycles. The molecular formula is C13H14F3N3O. The van der Waals surface area contributed by atoms with Crippen molar-refractivity contribution in [2.45, 2.75) is 19.0 Å². The van der Waals surface area contributed by atoms with Crippen molar-refractivity contribution in [2.75, 3.05) is 18.9 Å². The number of anilines is 1. The van der Waals surface area contributed by atoms with E-state index in [9.17, 15) is 18.0 Å². The van der Waals surface area contributed by atoms with Gasteiger partial charge in [-0.15, -0.1) is 0 Å². The molecule has 0 saturated heterocycles. The third-order valence-corrected chi connectivity index (χ3v) is 2.56. The molecule has 20 heavy (non-hydrogen) atoms. The van der Waals surface area contributed by atoms with Gasteiger partial charge in [-0.25, -0.2) is 0 Å². The van der Waals surface area contributed by atoms with E-state index in [0.717, 1.165) is 12.1 Å². The number of amides is 1. The van der Waals surface area contributed by atoms with E-state index >= 15 is 0 Å². The molecule has 0 radical (unpaired) electrons. The quantitative estimate of drug-likeness (QED) is 0.817. The molecule has 0 atom stereocenters. The molecule has 0 unspecified atom stereocenters. The Bertz CT molecular complexity index is 521. The summed E-state index contributed by atoms with van der Waals surface area (Å²) in [5, 5.41) is 13.9. The summed E-state index contributed by atoms with van der Waals surface area (Å²) < 4.78 is 38.2. The number of nitrogens with zero attached hydrogens (tertiary/aromatic N) is 1. The number of hydrogen-bond donors (Lipinski definition) is 2. The molecule has 0 aliphatic rings. The van der Waals surface area contributed by atoms with Crippen molar-refractivity contribution in [3.63, 3.8) is 0 Å². The first-order valence-electron chi connectivity index (χ1n) is 5.94. The Balaban J connectivity index is 2.83. The summed E-state index contributed by atoms with van der Waals surface area (Å²) in [5.41, 5.74) is -1.48. The van der Waals surface area contributed by atoms with Crippen LogP contribution in [0.1, 0.15) is 24.0 Å². The van der Waals surface area contributed by atoms with Crippen LogP contribution in [0.15, 0.2) is 18.2 Å². The van der Waals surface area contributed by atoms with Gasteiger partial charge in [-0.2, -0.15) is 18.4 Å². The highest BCUT2D eigenvalue weighted by atomic mass is 19.4. The van der Waals surface area contributed by atoms with Crippen LogP contribution in [-0.4, -0.2) is 19.5 Å². The smallest absolute Gasteiger partial charge is 0.326 e. The van der Waals surface area contributed by atoms with Crippen LogP contribution in [0.3, 0.4) is 0 Å². The normalized spacial score (nSPS) is 10.9. The van der Waals surface area contributed by atoms with Gasteiger partial charge in [-0.1, -0.05) is 0 Å². The lowest BCUT2D eigenvalue weighted by Gasteiger charge is -2.11. The third kappa shape index (κ3) is 4.55. The molecule has 108 valence electrons. The van der Waals surface area contributed by atoms with Crippen LogP contribution in [-0.2, 0) is 11.0 Å². The Hall–Kier alpha value is -2.07. The molecule has 0 spiro atoms. The molecule has 0 aliphatic heterocycles. The highest BCUT2D eigenvalue weighted by Gasteiger charge is 2.33. The molecule has 1 amide bonds. The zero-order valence-corrected chi connectivity index (χ0v) is 10.8. The van der Waals surface area contributed by atoms with Crippen LogP contribution in [0.2, 0.25) is 0 Å². The number of nitrogens with one attached hydrogen (secondary N) is 2. The maximum atomic E-state index is 12.7. The lowest BCUT2D eigenvalue weighted by molar-refractivity contribution is -0.137. The summed E-state index contributed by atoms with van der Waals surface area (Å²) in [6.45, 7) is 0.647. The van der Waals surface area contributed by atoms with Crippen molar-refractivity contribution in [2.24, 2.45) is 0 Å². The molecule has 2 N–H and O–H groups in total. The Labute approximate surface area is 114 Å². The SMILES string of the molecule is CNCCCC(=O)Nc1ccc(C#N)c(C(F)(F)F)c1. The second-order valence-corrected chi connectivity index (χ2v) is 4.13. The van der Waals surface area contributed by atoms with Gasteiger partial charge in [0.25, 0.3) is 0 Å². The van der Waals surface area contributed by atoms with E-state index in [1.807, 2.05) is 0 Å². The monoisotopic (exact) mass is 285 g/mol. The molecule has 0 aromatic heterocycles. The van der Waals surface area contributed by atoms with Crippen LogP contribution in [0.5, 0.6) is 0 Å². The van der Waals surface area contributed by atoms with Crippen LogP contribution < -0.4 is 10.6 Å². The Kier molecular flexibility index (Phi) is 5.53. The minimum Gasteiger partial charge on any atom is -0.326 e. The molecule has 1 aromatic rings. The second kappa shape index (κ2) is 6.91. The van der Waals surface area contributed by atoms with Crippen LogP contribution in [0, 0.1) is 11.3 Å². The number of hydrogen-bond acceptors (Lipinski definition) is 3. The summed E-state index contributed by atoms with van der Waals surface area (Å²) in [5.74, 6) is -0.363. The zero-order chi connectivity index (χ0) is 15.2. The standard InChI is InChI=1S/C13H14F3N3O/c1-18-6-2-3-12(20)19-10-5-4-9(8-17)11(7-10)13(14,15)16/h4-5,7,18H,2-3,6H2,1H3,(H,19,20). The van der Waals surface area contributed by atoms with Gasteiger partial charge in [0.1, 0.15) is 0 Å². The molecule has 4 nitrogen and oxygen atoms in total. The maximum absolute atomic E-state index is 12.7. The fraction of sp³-hybridized carbons (Fsp3) is 0.385. The van der Waals surface area contributed by atoms with Gasteiger partial charge in [-0.05, 0) is 38.2 Å². The molecule has 0 heterocycles. The van der Waals surface area contributed by atoms with Gasteiger partial charge in [-0.3, -0.25) is 4.79 Å². The Morgan fingerprint density at radius 1 is 1.40 bits per heavy atom. The summed E-state index contributed by atoms with van der Waals surface area (Å²) in [6.07, 6.45) is -3.83. The molecule has 0 bridgehead atoms. The van der Waals surface area contributed by atoms with E-state index in [4.69, 9.17) is 5.26 Å². The van der Waals surface area contributed by atoms with Gasteiger partial charge < -0.3 is 10.6 Å². The molecule has 0 fully saturated rings. The van der Waals surface area contributed by atoms with Gasteiger partial charge in [0.15, 0.2) is 0 Å². The van der Waals surface area contributed by atoms with E-state index in [2.05, 4.69) is 10.6 Å². The maximum Gasteiger partial charge on any atom is 0.417 e. The van der Waals surface area contributed by atoms with E-state index in [1.165, 1.54) is 12.1 Å². The van der Waals surface area contributed by atoms with E-state index in [-0.39, 0.29) is 18.0 Å². The van der Waals surface area contributed by atoms with Crippen LogP contribution in [0.4, 0.5) is 18.9 Å². The minimum atomic E-state index is -4.63. The topological polar surface area (TPSA) is 64.9 Å². The van der Waals surface area contributed by atoms with Crippen LogP contribution >= 0.6 is 0 Å². The number of benzene rings is 1. The summed E-state index contributed by atoms with van der Waals surface area (Å²) in [4.78, 5) is 11.5. The van der Waals surface area contributed by atoms with Gasteiger partial charge >= 0.3 is 6.18 Å². The Morgan fingerprint density at radius 2 is 2.10 bits per heavy atom. The Morgan fingerprint density at radius 3 is 2.65 bits per heavy atom. The molecule has 7 heteroatoms. The van der Waals surface area contributed by atoms with Gasteiger partial charge in [0, 0.05) is 12.1 Å². The number of rotatable bonds is 5. The van der Waals surface area contributed by atoms with Crippen molar-refractivity contribution in [3.8, 4) is 6.07 Å². The molecule has 0 aliphatic carbocycles. The predicted octanol–water partition coefficient (Wildman–Crippen LogP) is 2.52. The van der Waals surface area contributed by atoms with Crippen molar-refractivity contribution >= 4 is 11.6 Å². The number of nitriles is 1. The average molecular weight is 285 g/mol. The van der Waals surface area contributed by atoms with Crippen LogP contribution in [0.25, 0.3) is 0 Å². The highest BCUT2D eigenvalue weighted by molar-refractivity contribution is 5.90. The summed E-state index contributed by atoms with van der Waals surface area (Å²) in [6, 6.07) is 4.59. The zero-order valence-electron chi connectivity index (χ0n) is 10.8. The van der Waals surface area contributed by atoms with Gasteiger partial charge in [0.05, 0.1) is 17.2 Å². The number of halogens is 3. The first-order valence-corrected chi connectivity index (χ1v) is 5.94. The van der Waals surface area contributed by atoms with Gasteiger partial charge in [0.2, 0.25) is 5.91 Å². The summed E-state index contributed by atoms with van der Waals surface area (Å²) >= 11 is 0. The van der Waals surface area contributed by atoms with Crippen molar-refractivity contribution in [3.05, 3.63) is 29.3 Å². The number of carbonyl (C=O) groups is 1. The number of alkyl halides is 3. The molecule has 1 rings (SSSR count). The number of carbonyl (C=O) groups excluding carboxylic acids is 1. The van der Waals surface area contributed by atoms with Crippen molar-refractivity contribution < 1.29 is 18.0 Å². The molecular weight excluding hydrogens is 271 g/mol.